The number of carbonyl (C=O) groups is 1. The molecule has 5 heteroatoms. The minimum Gasteiger partial charge on any atom is -0.353 e. The van der Waals surface area contributed by atoms with Crippen LogP contribution in [0.2, 0.25) is 0 Å². The average molecular weight is 296 g/mol. The summed E-state index contributed by atoms with van der Waals surface area (Å²) in [6.45, 7) is 3.72. The predicted molar refractivity (Wildman–Crippen MR) is 77.9 cm³/mol. The minimum absolute atomic E-state index is 0.0282. The third-order valence-electron chi connectivity index (χ3n) is 3.95. The summed E-state index contributed by atoms with van der Waals surface area (Å²) in [5.74, 6) is -1.45. The lowest BCUT2D eigenvalue weighted by Crippen LogP contribution is -2.41. The number of nitrogens with one attached hydrogen (secondary N) is 2. The Bertz CT molecular complexity index is 487. The Morgan fingerprint density at radius 3 is 2.71 bits per heavy atom. The van der Waals surface area contributed by atoms with Crippen molar-refractivity contribution in [1.82, 2.24) is 10.6 Å². The van der Waals surface area contributed by atoms with Gasteiger partial charge in [0.2, 0.25) is 5.91 Å². The lowest BCUT2D eigenvalue weighted by Gasteiger charge is -2.24. The van der Waals surface area contributed by atoms with Gasteiger partial charge in [0.1, 0.15) is 0 Å². The number of hydrogen-bond acceptors (Lipinski definition) is 2. The maximum Gasteiger partial charge on any atom is 0.223 e. The normalized spacial score (nSPS) is 17.5. The van der Waals surface area contributed by atoms with Crippen molar-refractivity contribution in [2.75, 3.05) is 13.1 Å². The number of benzene rings is 1. The topological polar surface area (TPSA) is 41.1 Å². The van der Waals surface area contributed by atoms with Crippen molar-refractivity contribution in [2.45, 2.75) is 38.6 Å². The Balaban J connectivity index is 1.77. The summed E-state index contributed by atoms with van der Waals surface area (Å²) in [4.78, 5) is 12.1. The summed E-state index contributed by atoms with van der Waals surface area (Å²) in [6, 6.07) is 3.97. The molecule has 1 saturated heterocycles. The molecule has 2 rings (SSSR count). The molecule has 21 heavy (non-hydrogen) atoms. The van der Waals surface area contributed by atoms with Crippen LogP contribution in [-0.2, 0) is 11.2 Å². The van der Waals surface area contributed by atoms with Crippen LogP contribution in [0.25, 0.3) is 0 Å². The molecule has 2 N–H and O–H groups in total. The molecule has 0 spiro atoms. The molecule has 0 bridgehead atoms. The monoisotopic (exact) mass is 296 g/mol. The van der Waals surface area contributed by atoms with E-state index in [0.29, 0.717) is 12.8 Å². The molecule has 1 atom stereocenters. The number of amides is 1. The standard InChI is InChI=1S/C16H22F2N2O/c1-11(20-16(21)13-6-8-19-9-7-13)2-3-12-4-5-14(17)15(18)10-12/h4-5,10-11,13,19H,2-3,6-9H2,1H3,(H,20,21)/t11-/m1/s1. The second-order valence-electron chi connectivity index (χ2n) is 5.72. The van der Waals surface area contributed by atoms with Crippen molar-refractivity contribution in [2.24, 2.45) is 5.92 Å². The first-order valence-electron chi connectivity index (χ1n) is 7.51. The summed E-state index contributed by atoms with van der Waals surface area (Å²) < 4.78 is 25.9. The molecular formula is C16H22F2N2O. The zero-order chi connectivity index (χ0) is 15.2. The number of rotatable bonds is 5. The Hall–Kier alpha value is -1.49. The molecule has 1 aromatic carbocycles. The van der Waals surface area contributed by atoms with Crippen LogP contribution in [0.1, 0.15) is 31.7 Å². The van der Waals surface area contributed by atoms with Gasteiger partial charge in [0.25, 0.3) is 0 Å². The second kappa shape index (κ2) is 7.50. The van der Waals surface area contributed by atoms with Crippen LogP contribution in [0.15, 0.2) is 18.2 Å². The van der Waals surface area contributed by atoms with E-state index in [4.69, 9.17) is 0 Å². The number of hydrogen-bond donors (Lipinski definition) is 2. The van der Waals surface area contributed by atoms with Gasteiger partial charge in [-0.1, -0.05) is 6.07 Å². The molecule has 0 saturated carbocycles. The van der Waals surface area contributed by atoms with E-state index in [9.17, 15) is 13.6 Å². The Kier molecular flexibility index (Phi) is 5.67. The predicted octanol–water partition coefficient (Wildman–Crippen LogP) is 2.40. The van der Waals surface area contributed by atoms with Crippen LogP contribution in [0.3, 0.4) is 0 Å². The van der Waals surface area contributed by atoms with Gasteiger partial charge >= 0.3 is 0 Å². The maximum absolute atomic E-state index is 13.1. The van der Waals surface area contributed by atoms with Gasteiger partial charge in [0.05, 0.1) is 0 Å². The summed E-state index contributed by atoms with van der Waals surface area (Å²) in [5, 5.41) is 6.24. The lowest BCUT2D eigenvalue weighted by molar-refractivity contribution is -0.126. The van der Waals surface area contributed by atoms with Crippen LogP contribution < -0.4 is 10.6 Å². The van der Waals surface area contributed by atoms with Gasteiger partial charge in [-0.2, -0.15) is 0 Å². The van der Waals surface area contributed by atoms with Crippen LogP contribution >= 0.6 is 0 Å². The van der Waals surface area contributed by atoms with E-state index in [1.165, 1.54) is 6.07 Å². The van der Waals surface area contributed by atoms with Gasteiger partial charge in [-0.3, -0.25) is 4.79 Å². The molecule has 3 nitrogen and oxygen atoms in total. The molecule has 1 aliphatic heterocycles. The fourth-order valence-corrected chi connectivity index (χ4v) is 2.60. The largest absolute Gasteiger partial charge is 0.353 e. The van der Waals surface area contributed by atoms with Crippen molar-refractivity contribution in [3.05, 3.63) is 35.4 Å². The van der Waals surface area contributed by atoms with Crippen LogP contribution in [-0.4, -0.2) is 25.0 Å². The zero-order valence-corrected chi connectivity index (χ0v) is 12.3. The summed E-state index contributed by atoms with van der Waals surface area (Å²) in [6.07, 6.45) is 3.08. The average Bonchev–Trinajstić information content (AvgIpc) is 2.49. The highest BCUT2D eigenvalue weighted by atomic mass is 19.2. The van der Waals surface area contributed by atoms with Crippen molar-refractivity contribution in [3.63, 3.8) is 0 Å². The molecule has 0 aliphatic carbocycles. The molecule has 1 aliphatic rings. The van der Waals surface area contributed by atoms with Gasteiger partial charge in [-0.15, -0.1) is 0 Å². The van der Waals surface area contributed by atoms with E-state index in [2.05, 4.69) is 10.6 Å². The van der Waals surface area contributed by atoms with E-state index < -0.39 is 11.6 Å². The van der Waals surface area contributed by atoms with Crippen LogP contribution in [0.4, 0.5) is 8.78 Å². The van der Waals surface area contributed by atoms with E-state index in [1.54, 1.807) is 6.07 Å². The highest BCUT2D eigenvalue weighted by Gasteiger charge is 2.21. The van der Waals surface area contributed by atoms with Gasteiger partial charge in [0.15, 0.2) is 11.6 Å². The molecule has 116 valence electrons. The summed E-state index contributed by atoms with van der Waals surface area (Å²) in [7, 11) is 0. The highest BCUT2D eigenvalue weighted by Crippen LogP contribution is 2.14. The Morgan fingerprint density at radius 1 is 1.33 bits per heavy atom. The van der Waals surface area contributed by atoms with E-state index >= 15 is 0 Å². The maximum atomic E-state index is 13.1. The number of carbonyl (C=O) groups excluding carboxylic acids is 1. The van der Waals surface area contributed by atoms with Crippen LogP contribution in [0, 0.1) is 17.6 Å². The molecular weight excluding hydrogens is 274 g/mol. The number of halogens is 2. The fraction of sp³-hybridized carbons (Fsp3) is 0.562. The number of aryl methyl sites for hydroxylation is 1. The second-order valence-corrected chi connectivity index (χ2v) is 5.72. The first-order valence-corrected chi connectivity index (χ1v) is 7.51. The molecule has 0 unspecified atom stereocenters. The smallest absolute Gasteiger partial charge is 0.223 e. The third-order valence-corrected chi connectivity index (χ3v) is 3.95. The van der Waals surface area contributed by atoms with Crippen molar-refractivity contribution in [1.29, 1.82) is 0 Å². The first kappa shape index (κ1) is 15.9. The summed E-state index contributed by atoms with van der Waals surface area (Å²) in [5.41, 5.74) is 0.747. The highest BCUT2D eigenvalue weighted by molar-refractivity contribution is 5.79. The van der Waals surface area contributed by atoms with E-state index in [-0.39, 0.29) is 17.9 Å². The quantitative estimate of drug-likeness (QED) is 0.876. The molecule has 1 fully saturated rings. The van der Waals surface area contributed by atoms with Gasteiger partial charge in [0, 0.05) is 12.0 Å². The van der Waals surface area contributed by atoms with Gasteiger partial charge < -0.3 is 10.6 Å². The van der Waals surface area contributed by atoms with E-state index in [0.717, 1.165) is 37.6 Å². The van der Waals surface area contributed by atoms with Crippen LogP contribution in [0.5, 0.6) is 0 Å². The first-order chi connectivity index (χ1) is 10.1. The van der Waals surface area contributed by atoms with Crippen molar-refractivity contribution < 1.29 is 13.6 Å². The molecule has 1 heterocycles. The summed E-state index contributed by atoms with van der Waals surface area (Å²) >= 11 is 0. The SMILES string of the molecule is C[C@H](CCc1ccc(F)c(F)c1)NC(=O)C1CCNCC1. The molecule has 0 aromatic heterocycles. The Morgan fingerprint density at radius 2 is 2.05 bits per heavy atom. The minimum atomic E-state index is -0.828. The zero-order valence-electron chi connectivity index (χ0n) is 12.3. The lowest BCUT2D eigenvalue weighted by atomic mass is 9.96. The van der Waals surface area contributed by atoms with Crippen molar-refractivity contribution in [3.8, 4) is 0 Å². The number of piperidine rings is 1. The Labute approximate surface area is 124 Å². The molecule has 1 aromatic rings. The third kappa shape index (κ3) is 4.77. The molecule has 1 amide bonds. The fourth-order valence-electron chi connectivity index (χ4n) is 2.60. The van der Waals surface area contributed by atoms with E-state index in [1.807, 2.05) is 6.92 Å². The molecule has 0 radical (unpaired) electrons. The van der Waals surface area contributed by atoms with Gasteiger partial charge in [-0.05, 0) is 63.4 Å². The van der Waals surface area contributed by atoms with Gasteiger partial charge in [-0.25, -0.2) is 8.78 Å². The van der Waals surface area contributed by atoms with Crippen molar-refractivity contribution >= 4 is 5.91 Å².